The van der Waals surface area contributed by atoms with Crippen LogP contribution in [0.3, 0.4) is 0 Å². The van der Waals surface area contributed by atoms with Crippen molar-refractivity contribution in [2.45, 2.75) is 5.51 Å². The Morgan fingerprint density at radius 2 is 1.91 bits per heavy atom. The minimum atomic E-state index is -4.46. The molecule has 0 bridgehead atoms. The van der Waals surface area contributed by atoms with E-state index in [9.17, 15) is 18.0 Å². The van der Waals surface area contributed by atoms with E-state index in [2.05, 4.69) is 0 Å². The molecular weight excluding hydrogens is 246 g/mol. The highest BCUT2D eigenvalue weighted by Gasteiger charge is 2.29. The average molecular weight is 247 g/mol. The van der Waals surface area contributed by atoms with Gasteiger partial charge in [0.15, 0.2) is 0 Å². The first-order valence-electron chi connectivity index (χ1n) is 1.79. The van der Waals surface area contributed by atoms with Crippen molar-refractivity contribution in [2.24, 2.45) is 0 Å². The Labute approximate surface area is 79.7 Å². The fourth-order valence-corrected chi connectivity index (χ4v) is 0.849. The Hall–Kier alpha value is 0.540. The largest absolute Gasteiger partial charge is 1.00 e. The highest BCUT2D eigenvalue weighted by atomic mass is 35.7. The van der Waals surface area contributed by atoms with Gasteiger partial charge in [-0.15, -0.1) is 0 Å². The molecule has 0 saturated heterocycles. The van der Waals surface area contributed by atoms with E-state index in [1.54, 1.807) is 0 Å². The molecule has 0 aliphatic rings. The Balaban J connectivity index is 0. The number of nitrogens with one attached hydrogen (secondary N) is 1. The highest BCUT2D eigenvalue weighted by Crippen LogP contribution is 2.28. The lowest BCUT2D eigenvalue weighted by Gasteiger charge is -2.03. The third-order valence-corrected chi connectivity index (χ3v) is 1.63. The molecule has 0 aliphatic carbocycles. The number of halogens is 5. The molecule has 68 valence electrons. The number of alkyl halides is 3. The van der Waals surface area contributed by atoms with Gasteiger partial charge in [0.2, 0.25) is 0 Å². The topological polar surface area (TPSA) is 29.1 Å². The zero-order chi connectivity index (χ0) is 8.20. The van der Waals surface area contributed by atoms with Crippen LogP contribution >= 0.6 is 33.6 Å². The lowest BCUT2D eigenvalue weighted by atomic mass is 11.5. The van der Waals surface area contributed by atoms with Crippen LogP contribution in [0.4, 0.5) is 18.0 Å². The van der Waals surface area contributed by atoms with Crippen LogP contribution in [0.1, 0.15) is 0 Å². The molecule has 0 aromatic heterocycles. The summed E-state index contributed by atoms with van der Waals surface area (Å²) in [7, 11) is 4.97. The summed E-state index contributed by atoms with van der Waals surface area (Å²) in [6.45, 7) is 0. The molecule has 0 saturated carbocycles. The Morgan fingerprint density at radius 3 is 2.18 bits per heavy atom. The SMILES string of the molecule is O=C(NSC(F)(F)F)SCl.[Cl-]. The molecular formula is C2HCl2F3NOS2-. The maximum Gasteiger partial charge on any atom is 0.461 e. The quantitative estimate of drug-likeness (QED) is 0.648. The first-order chi connectivity index (χ1) is 4.45. The van der Waals surface area contributed by atoms with E-state index in [0.717, 1.165) is 0 Å². The maximum atomic E-state index is 11.2. The number of carbonyl (C=O) groups is 1. The zero-order valence-corrected chi connectivity index (χ0v) is 7.76. The van der Waals surface area contributed by atoms with E-state index >= 15 is 0 Å². The summed E-state index contributed by atoms with van der Waals surface area (Å²) in [5.74, 6) is 0. The molecule has 0 aliphatic heterocycles. The minimum absolute atomic E-state index is 0. The van der Waals surface area contributed by atoms with Crippen LogP contribution in [-0.4, -0.2) is 10.7 Å². The second-order valence-electron chi connectivity index (χ2n) is 1.01. The second kappa shape index (κ2) is 6.10. The Kier molecular flexibility index (Phi) is 7.81. The van der Waals surface area contributed by atoms with Gasteiger partial charge in [-0.05, 0) is 10.7 Å². The molecule has 0 atom stereocenters. The van der Waals surface area contributed by atoms with E-state index in [1.807, 2.05) is 0 Å². The van der Waals surface area contributed by atoms with E-state index in [1.165, 1.54) is 4.72 Å². The predicted molar refractivity (Wildman–Crippen MR) is 35.6 cm³/mol. The van der Waals surface area contributed by atoms with Gasteiger partial charge in [0, 0.05) is 11.0 Å². The zero-order valence-electron chi connectivity index (χ0n) is 4.61. The first kappa shape index (κ1) is 14.1. The average Bonchev–Trinajstić information content (AvgIpc) is 1.81. The van der Waals surface area contributed by atoms with Gasteiger partial charge in [0.25, 0.3) is 0 Å². The summed E-state index contributed by atoms with van der Waals surface area (Å²) < 4.78 is 35.2. The lowest BCUT2D eigenvalue weighted by Crippen LogP contribution is -3.00. The summed E-state index contributed by atoms with van der Waals surface area (Å²) in [6, 6.07) is 0. The number of amides is 1. The van der Waals surface area contributed by atoms with E-state index < -0.39 is 22.7 Å². The van der Waals surface area contributed by atoms with Crippen LogP contribution in [0.5, 0.6) is 0 Å². The van der Waals surface area contributed by atoms with Crippen LogP contribution in [0.2, 0.25) is 0 Å². The normalized spacial score (nSPS) is 10.2. The lowest BCUT2D eigenvalue weighted by molar-refractivity contribution is -0.0333. The van der Waals surface area contributed by atoms with E-state index in [4.69, 9.17) is 10.7 Å². The van der Waals surface area contributed by atoms with Gasteiger partial charge in [-0.1, -0.05) is 0 Å². The third-order valence-electron chi connectivity index (χ3n) is 0.320. The van der Waals surface area contributed by atoms with Crippen LogP contribution in [0.25, 0.3) is 0 Å². The van der Waals surface area contributed by atoms with Crippen molar-refractivity contribution < 1.29 is 30.4 Å². The molecule has 1 amide bonds. The van der Waals surface area contributed by atoms with E-state index in [0.29, 0.717) is 0 Å². The molecule has 2 nitrogen and oxygen atoms in total. The highest BCUT2D eigenvalue weighted by molar-refractivity contribution is 8.33. The van der Waals surface area contributed by atoms with Crippen LogP contribution in [0.15, 0.2) is 0 Å². The summed E-state index contributed by atoms with van der Waals surface area (Å²) in [4.78, 5) is 10.1. The minimum Gasteiger partial charge on any atom is -1.00 e. The molecule has 0 rings (SSSR count). The second-order valence-corrected chi connectivity index (χ2v) is 2.87. The molecule has 0 heterocycles. The number of hydrogen-bond donors (Lipinski definition) is 1. The monoisotopic (exact) mass is 246 g/mol. The molecule has 0 radical (unpaired) electrons. The summed E-state index contributed by atoms with van der Waals surface area (Å²) in [6.07, 6.45) is 0. The molecule has 0 aromatic rings. The first-order valence-corrected chi connectivity index (χ1v) is 4.25. The maximum absolute atomic E-state index is 11.2. The van der Waals surface area contributed by atoms with E-state index in [-0.39, 0.29) is 23.4 Å². The van der Waals surface area contributed by atoms with Crippen molar-refractivity contribution in [3.8, 4) is 0 Å². The number of carbonyl (C=O) groups excluding carboxylic acids is 1. The van der Waals surface area contributed by atoms with Crippen LogP contribution < -0.4 is 17.1 Å². The van der Waals surface area contributed by atoms with Gasteiger partial charge in [0.1, 0.15) is 0 Å². The summed E-state index contributed by atoms with van der Waals surface area (Å²) >= 11 is -0.639. The Bertz CT molecular complexity index is 131. The molecule has 9 heteroatoms. The number of hydrogen-bond acceptors (Lipinski definition) is 3. The van der Waals surface area contributed by atoms with Crippen molar-refractivity contribution in [3.63, 3.8) is 0 Å². The van der Waals surface area contributed by atoms with Gasteiger partial charge in [-0.3, -0.25) is 9.52 Å². The fraction of sp³-hybridized carbons (Fsp3) is 0.500. The van der Waals surface area contributed by atoms with Gasteiger partial charge in [-0.2, -0.15) is 13.2 Å². The van der Waals surface area contributed by atoms with Crippen molar-refractivity contribution in [1.29, 1.82) is 0 Å². The molecule has 0 unspecified atom stereocenters. The number of rotatable bonds is 1. The van der Waals surface area contributed by atoms with Crippen LogP contribution in [0, 0.1) is 0 Å². The van der Waals surface area contributed by atoms with Gasteiger partial charge in [0.05, 0.1) is 11.9 Å². The molecule has 0 fully saturated rings. The van der Waals surface area contributed by atoms with Crippen molar-refractivity contribution in [2.75, 3.05) is 0 Å². The van der Waals surface area contributed by atoms with Gasteiger partial charge >= 0.3 is 10.7 Å². The fourth-order valence-electron chi connectivity index (χ4n) is 0.115. The smallest absolute Gasteiger partial charge is 0.461 e. The molecule has 0 aromatic carbocycles. The standard InChI is InChI=1S/C2HClF3NOS2.ClH/c3-9-1(8)7-10-2(4,5)6;/h(H,7,8);1H/p-1. The van der Waals surface area contributed by atoms with Crippen molar-refractivity contribution in [3.05, 3.63) is 0 Å². The third kappa shape index (κ3) is 10.5. The van der Waals surface area contributed by atoms with Crippen molar-refractivity contribution in [1.82, 2.24) is 4.72 Å². The van der Waals surface area contributed by atoms with Crippen LogP contribution in [-0.2, 0) is 0 Å². The van der Waals surface area contributed by atoms with Gasteiger partial charge < -0.3 is 12.4 Å². The summed E-state index contributed by atoms with van der Waals surface area (Å²) in [5.41, 5.74) is -4.46. The predicted octanol–water partition coefficient (Wildman–Crippen LogP) is -0.245. The summed E-state index contributed by atoms with van der Waals surface area (Å²) in [5, 5.41) is -0.941. The molecule has 11 heavy (non-hydrogen) atoms. The molecule has 1 N–H and O–H groups in total. The Morgan fingerprint density at radius 1 is 1.45 bits per heavy atom. The molecule has 0 spiro atoms. The van der Waals surface area contributed by atoms with Gasteiger partial charge in [-0.25, -0.2) is 0 Å². The van der Waals surface area contributed by atoms with Crippen molar-refractivity contribution >= 4 is 38.8 Å².